The highest BCUT2D eigenvalue weighted by molar-refractivity contribution is 7.09. The van der Waals surface area contributed by atoms with E-state index in [0.717, 1.165) is 22.2 Å². The zero-order valence-electron chi connectivity index (χ0n) is 10.1. The Morgan fingerprint density at radius 1 is 1.33 bits per heavy atom. The zero-order valence-corrected chi connectivity index (χ0v) is 10.9. The Labute approximate surface area is 108 Å². The van der Waals surface area contributed by atoms with Gasteiger partial charge in [-0.3, -0.25) is 0 Å². The molecular formula is C11H12N6S. The van der Waals surface area contributed by atoms with Crippen molar-refractivity contribution in [3.8, 4) is 0 Å². The number of hydrogen-bond donors (Lipinski definition) is 1. The van der Waals surface area contributed by atoms with Gasteiger partial charge in [0.1, 0.15) is 12.1 Å². The molecule has 0 fully saturated rings. The van der Waals surface area contributed by atoms with Gasteiger partial charge in [-0.25, -0.2) is 9.97 Å². The molecule has 3 rings (SSSR count). The van der Waals surface area contributed by atoms with Crippen LogP contribution >= 0.6 is 11.3 Å². The van der Waals surface area contributed by atoms with Gasteiger partial charge in [-0.2, -0.15) is 14.6 Å². The van der Waals surface area contributed by atoms with Crippen LogP contribution in [0.5, 0.6) is 0 Å². The molecule has 6 nitrogen and oxygen atoms in total. The predicted molar refractivity (Wildman–Crippen MR) is 69.7 cm³/mol. The fourth-order valence-electron chi connectivity index (χ4n) is 1.73. The van der Waals surface area contributed by atoms with Crippen molar-refractivity contribution >= 4 is 22.9 Å². The average Bonchev–Trinajstić information content (AvgIpc) is 2.94. The summed E-state index contributed by atoms with van der Waals surface area (Å²) in [6, 6.07) is 1.95. The number of aryl methyl sites for hydroxylation is 2. The summed E-state index contributed by atoms with van der Waals surface area (Å²) in [6.07, 6.45) is 1.50. The number of rotatable bonds is 3. The molecule has 0 aliphatic heterocycles. The van der Waals surface area contributed by atoms with Crippen molar-refractivity contribution in [1.82, 2.24) is 24.6 Å². The molecular weight excluding hydrogens is 248 g/mol. The van der Waals surface area contributed by atoms with E-state index in [1.165, 1.54) is 6.33 Å². The van der Waals surface area contributed by atoms with E-state index in [0.29, 0.717) is 12.3 Å². The molecule has 0 atom stereocenters. The first-order valence-corrected chi connectivity index (χ1v) is 6.42. The van der Waals surface area contributed by atoms with Crippen LogP contribution < -0.4 is 5.32 Å². The van der Waals surface area contributed by atoms with Gasteiger partial charge in [-0.1, -0.05) is 0 Å². The molecule has 0 saturated heterocycles. The smallest absolute Gasteiger partial charge is 0.254 e. The first kappa shape index (κ1) is 11.1. The van der Waals surface area contributed by atoms with Crippen LogP contribution in [0.2, 0.25) is 0 Å². The quantitative estimate of drug-likeness (QED) is 0.778. The number of nitrogens with one attached hydrogen (secondary N) is 1. The van der Waals surface area contributed by atoms with E-state index >= 15 is 0 Å². The van der Waals surface area contributed by atoms with Crippen LogP contribution in [0.15, 0.2) is 17.8 Å². The molecule has 0 saturated carbocycles. The van der Waals surface area contributed by atoms with Gasteiger partial charge in [0, 0.05) is 17.1 Å². The second kappa shape index (κ2) is 4.34. The lowest BCUT2D eigenvalue weighted by molar-refractivity contribution is 0.910. The highest BCUT2D eigenvalue weighted by atomic mass is 32.1. The third kappa shape index (κ3) is 2.04. The van der Waals surface area contributed by atoms with E-state index in [1.807, 2.05) is 19.9 Å². The average molecular weight is 260 g/mol. The summed E-state index contributed by atoms with van der Waals surface area (Å²) in [4.78, 5) is 12.8. The Balaban J connectivity index is 1.87. The normalized spacial score (nSPS) is 11.0. The molecule has 0 spiro atoms. The topological polar surface area (TPSA) is 68.0 Å². The van der Waals surface area contributed by atoms with Crippen LogP contribution in [0.25, 0.3) is 5.78 Å². The van der Waals surface area contributed by atoms with Gasteiger partial charge in [-0.05, 0) is 13.8 Å². The lowest BCUT2D eigenvalue weighted by Gasteiger charge is -2.06. The number of aromatic nitrogens is 5. The predicted octanol–water partition coefficient (Wildman–Crippen LogP) is 1.81. The third-order valence-corrected chi connectivity index (χ3v) is 3.32. The van der Waals surface area contributed by atoms with Gasteiger partial charge in [0.15, 0.2) is 0 Å². The first-order chi connectivity index (χ1) is 8.72. The van der Waals surface area contributed by atoms with E-state index in [-0.39, 0.29) is 0 Å². The number of fused-ring (bicyclic) bond motifs is 1. The summed E-state index contributed by atoms with van der Waals surface area (Å²) in [6.45, 7) is 4.61. The van der Waals surface area contributed by atoms with E-state index in [4.69, 9.17) is 0 Å². The van der Waals surface area contributed by atoms with E-state index in [2.05, 4.69) is 30.7 Å². The monoisotopic (exact) mass is 260 g/mol. The number of thiazole rings is 1. The first-order valence-electron chi connectivity index (χ1n) is 5.54. The maximum Gasteiger partial charge on any atom is 0.254 e. The van der Waals surface area contributed by atoms with Gasteiger partial charge in [-0.15, -0.1) is 11.3 Å². The summed E-state index contributed by atoms with van der Waals surface area (Å²) in [5, 5.41) is 10.6. The lowest BCUT2D eigenvalue weighted by atomic mass is 10.4. The standard InChI is InChI=1S/C11H12N6S/c1-7-3-10(17-11(15-7)13-6-14-17)12-4-9-5-18-8(2)16-9/h3,5-6,12H,4H2,1-2H3. The van der Waals surface area contributed by atoms with E-state index in [1.54, 1.807) is 15.9 Å². The minimum atomic E-state index is 0.604. The van der Waals surface area contributed by atoms with Crippen LogP contribution in [0.4, 0.5) is 5.82 Å². The van der Waals surface area contributed by atoms with Crippen molar-refractivity contribution in [2.75, 3.05) is 5.32 Å². The van der Waals surface area contributed by atoms with Crippen molar-refractivity contribution in [2.24, 2.45) is 0 Å². The molecule has 7 heteroatoms. The molecule has 3 heterocycles. The van der Waals surface area contributed by atoms with Gasteiger partial charge in [0.05, 0.1) is 17.2 Å². The summed E-state index contributed by atoms with van der Waals surface area (Å²) in [5.41, 5.74) is 1.94. The summed E-state index contributed by atoms with van der Waals surface area (Å²) >= 11 is 1.65. The maximum absolute atomic E-state index is 4.41. The number of anilines is 1. The Kier molecular flexibility index (Phi) is 2.67. The Hall–Kier alpha value is -2.02. The molecule has 0 bridgehead atoms. The second-order valence-corrected chi connectivity index (χ2v) is 5.03. The van der Waals surface area contributed by atoms with E-state index < -0.39 is 0 Å². The van der Waals surface area contributed by atoms with Gasteiger partial charge < -0.3 is 5.32 Å². The molecule has 0 aromatic carbocycles. The van der Waals surface area contributed by atoms with Crippen molar-refractivity contribution < 1.29 is 0 Å². The third-order valence-electron chi connectivity index (χ3n) is 2.50. The Bertz CT molecular complexity index is 686. The largest absolute Gasteiger partial charge is 0.364 e. The van der Waals surface area contributed by atoms with Gasteiger partial charge in [0.2, 0.25) is 0 Å². The highest BCUT2D eigenvalue weighted by Gasteiger charge is 2.06. The van der Waals surface area contributed by atoms with Crippen LogP contribution in [-0.2, 0) is 6.54 Å². The van der Waals surface area contributed by atoms with E-state index in [9.17, 15) is 0 Å². The fraction of sp³-hybridized carbons (Fsp3) is 0.273. The molecule has 3 aromatic heterocycles. The Morgan fingerprint density at radius 2 is 2.22 bits per heavy atom. The van der Waals surface area contributed by atoms with Crippen molar-refractivity contribution in [1.29, 1.82) is 0 Å². The Morgan fingerprint density at radius 3 is 3.00 bits per heavy atom. The molecule has 0 amide bonds. The summed E-state index contributed by atoms with van der Waals surface area (Å²) in [7, 11) is 0. The highest BCUT2D eigenvalue weighted by Crippen LogP contribution is 2.13. The zero-order chi connectivity index (χ0) is 12.5. The molecule has 3 aromatic rings. The van der Waals surface area contributed by atoms with Gasteiger partial charge >= 0.3 is 0 Å². The van der Waals surface area contributed by atoms with Crippen molar-refractivity contribution in [3.63, 3.8) is 0 Å². The fourth-order valence-corrected chi connectivity index (χ4v) is 2.34. The SMILES string of the molecule is Cc1cc(NCc2csc(C)n2)n2ncnc2n1. The minimum Gasteiger partial charge on any atom is -0.364 e. The van der Waals surface area contributed by atoms with Crippen LogP contribution in [-0.4, -0.2) is 24.6 Å². The van der Waals surface area contributed by atoms with Crippen LogP contribution in [0, 0.1) is 13.8 Å². The molecule has 1 N–H and O–H groups in total. The van der Waals surface area contributed by atoms with Crippen LogP contribution in [0.3, 0.4) is 0 Å². The molecule has 0 unspecified atom stereocenters. The van der Waals surface area contributed by atoms with Crippen LogP contribution in [0.1, 0.15) is 16.4 Å². The maximum atomic E-state index is 4.41. The van der Waals surface area contributed by atoms with Gasteiger partial charge in [0.25, 0.3) is 5.78 Å². The molecule has 0 aliphatic carbocycles. The lowest BCUT2D eigenvalue weighted by Crippen LogP contribution is -2.07. The van der Waals surface area contributed by atoms with Crippen molar-refractivity contribution in [2.45, 2.75) is 20.4 Å². The molecule has 0 aliphatic rings. The minimum absolute atomic E-state index is 0.604. The molecule has 18 heavy (non-hydrogen) atoms. The second-order valence-electron chi connectivity index (χ2n) is 3.97. The molecule has 92 valence electrons. The summed E-state index contributed by atoms with van der Waals surface area (Å²) < 4.78 is 1.69. The number of nitrogens with zero attached hydrogens (tertiary/aromatic N) is 5. The molecule has 0 radical (unpaired) electrons. The van der Waals surface area contributed by atoms with Crippen molar-refractivity contribution in [3.05, 3.63) is 34.2 Å². The summed E-state index contributed by atoms with van der Waals surface area (Å²) in [5.74, 6) is 1.48. The number of hydrogen-bond acceptors (Lipinski definition) is 6.